The molecule has 1 atom stereocenters. The molecule has 34 heavy (non-hydrogen) atoms. The van der Waals surface area contributed by atoms with Gasteiger partial charge in [0.1, 0.15) is 5.75 Å². The maximum absolute atomic E-state index is 12.5. The number of aryl methyl sites for hydroxylation is 2. The molecule has 1 unspecified atom stereocenters. The van der Waals surface area contributed by atoms with Gasteiger partial charge in [0.15, 0.2) is 0 Å². The lowest BCUT2D eigenvalue weighted by molar-refractivity contribution is 0.0921. The van der Waals surface area contributed by atoms with Crippen LogP contribution in [0, 0.1) is 19.8 Å². The Kier molecular flexibility index (Phi) is 9.28. The van der Waals surface area contributed by atoms with Crippen LogP contribution in [0.5, 0.6) is 5.75 Å². The summed E-state index contributed by atoms with van der Waals surface area (Å²) in [6.45, 7) is 12.5. The minimum absolute atomic E-state index is 0.0801. The Morgan fingerprint density at radius 3 is 2.32 bits per heavy atom. The quantitative estimate of drug-likeness (QED) is 0.503. The normalized spacial score (nSPS) is 15.4. The van der Waals surface area contributed by atoms with E-state index < -0.39 is 0 Å². The zero-order valence-electron chi connectivity index (χ0n) is 21.3. The molecule has 1 amide bonds. The van der Waals surface area contributed by atoms with Gasteiger partial charge in [-0.3, -0.25) is 4.79 Å². The molecule has 186 valence electrons. The summed E-state index contributed by atoms with van der Waals surface area (Å²) < 4.78 is 6.01. The van der Waals surface area contributed by atoms with Crippen molar-refractivity contribution < 1.29 is 14.6 Å². The number of nitrogens with zero attached hydrogens (tertiary/aromatic N) is 3. The highest BCUT2D eigenvalue weighted by molar-refractivity contribution is 5.97. The largest absolute Gasteiger partial charge is 0.494 e. The van der Waals surface area contributed by atoms with Gasteiger partial charge in [0.2, 0.25) is 5.95 Å². The summed E-state index contributed by atoms with van der Waals surface area (Å²) in [6.07, 6.45) is 8.38. The first-order valence-corrected chi connectivity index (χ1v) is 12.5. The van der Waals surface area contributed by atoms with E-state index in [-0.39, 0.29) is 18.6 Å². The number of hydrogen-bond donors (Lipinski definition) is 2. The Hall–Kier alpha value is -2.67. The average Bonchev–Trinajstić information content (AvgIpc) is 2.81. The van der Waals surface area contributed by atoms with Gasteiger partial charge in [0.25, 0.3) is 5.91 Å². The van der Waals surface area contributed by atoms with Crippen LogP contribution >= 0.6 is 0 Å². The van der Waals surface area contributed by atoms with Crippen molar-refractivity contribution in [3.63, 3.8) is 0 Å². The standard InChI is InChI=1S/C27H40N4O3/c1-18(2)23-15-28-27(29-16-23)31-10-8-22(9-11-31)7-6-12-34-24-13-19(3)25(20(4)14-24)26(33)30-21(5)17-32/h13-16,18,21-22,32H,6-12,17H2,1-5H3,(H,30,33). The summed E-state index contributed by atoms with van der Waals surface area (Å²) in [4.78, 5) is 23.9. The van der Waals surface area contributed by atoms with E-state index in [1.54, 1.807) is 6.92 Å². The molecule has 0 aliphatic carbocycles. The molecule has 0 spiro atoms. The highest BCUT2D eigenvalue weighted by Gasteiger charge is 2.21. The van der Waals surface area contributed by atoms with Crippen molar-refractivity contribution in [3.05, 3.63) is 46.8 Å². The molecular weight excluding hydrogens is 428 g/mol. The summed E-state index contributed by atoms with van der Waals surface area (Å²) in [5, 5.41) is 12.0. The number of benzene rings is 1. The van der Waals surface area contributed by atoms with Gasteiger partial charge < -0.3 is 20.1 Å². The van der Waals surface area contributed by atoms with Gasteiger partial charge in [-0.25, -0.2) is 9.97 Å². The number of hydrogen-bond acceptors (Lipinski definition) is 6. The number of aliphatic hydroxyl groups is 1. The van der Waals surface area contributed by atoms with Crippen molar-refractivity contribution in [2.45, 2.75) is 72.3 Å². The fourth-order valence-electron chi connectivity index (χ4n) is 4.48. The lowest BCUT2D eigenvalue weighted by atomic mass is 9.92. The van der Waals surface area contributed by atoms with Crippen molar-refractivity contribution >= 4 is 11.9 Å². The van der Waals surface area contributed by atoms with E-state index in [1.807, 2.05) is 38.4 Å². The second-order valence-corrected chi connectivity index (χ2v) is 9.88. The number of carbonyl (C=O) groups is 1. The van der Waals surface area contributed by atoms with Crippen LogP contribution in [0.15, 0.2) is 24.5 Å². The second-order valence-electron chi connectivity index (χ2n) is 9.88. The van der Waals surface area contributed by atoms with Crippen molar-refractivity contribution in [1.29, 1.82) is 0 Å². The molecule has 1 aromatic heterocycles. The fourth-order valence-corrected chi connectivity index (χ4v) is 4.48. The topological polar surface area (TPSA) is 87.6 Å². The van der Waals surface area contributed by atoms with Gasteiger partial charge >= 0.3 is 0 Å². The van der Waals surface area contributed by atoms with E-state index >= 15 is 0 Å². The molecule has 2 N–H and O–H groups in total. The number of ether oxygens (including phenoxy) is 1. The number of piperidine rings is 1. The third kappa shape index (κ3) is 6.92. The lowest BCUT2D eigenvalue weighted by Crippen LogP contribution is -2.35. The number of rotatable bonds is 10. The molecule has 7 heteroatoms. The van der Waals surface area contributed by atoms with Crippen molar-refractivity contribution in [2.75, 3.05) is 31.2 Å². The predicted octanol–water partition coefficient (Wildman–Crippen LogP) is 4.40. The molecule has 1 aliphatic heterocycles. The SMILES string of the molecule is Cc1cc(OCCCC2CCN(c3ncc(C(C)C)cn3)CC2)cc(C)c1C(=O)NC(C)CO. The minimum Gasteiger partial charge on any atom is -0.494 e. The first-order valence-electron chi connectivity index (χ1n) is 12.5. The summed E-state index contributed by atoms with van der Waals surface area (Å²) >= 11 is 0. The van der Waals surface area contributed by atoms with E-state index in [4.69, 9.17) is 4.74 Å². The highest BCUT2D eigenvalue weighted by Crippen LogP contribution is 2.26. The average molecular weight is 469 g/mol. The van der Waals surface area contributed by atoms with Crippen LogP contribution < -0.4 is 15.0 Å². The van der Waals surface area contributed by atoms with Crippen LogP contribution in [0.1, 0.15) is 79.4 Å². The Morgan fingerprint density at radius 2 is 1.76 bits per heavy atom. The van der Waals surface area contributed by atoms with Crippen LogP contribution in [0.2, 0.25) is 0 Å². The predicted molar refractivity (Wildman–Crippen MR) is 136 cm³/mol. The molecule has 2 heterocycles. The van der Waals surface area contributed by atoms with E-state index in [0.717, 1.165) is 61.6 Å². The van der Waals surface area contributed by atoms with Gasteiger partial charge in [0.05, 0.1) is 13.2 Å². The summed E-state index contributed by atoms with van der Waals surface area (Å²) in [5.74, 6) is 2.65. The molecule has 7 nitrogen and oxygen atoms in total. The minimum atomic E-state index is -0.271. The highest BCUT2D eigenvalue weighted by atomic mass is 16.5. The zero-order valence-corrected chi connectivity index (χ0v) is 21.3. The summed E-state index contributed by atoms with van der Waals surface area (Å²) in [7, 11) is 0. The fraction of sp³-hybridized carbons (Fsp3) is 0.593. The zero-order chi connectivity index (χ0) is 24.7. The Morgan fingerprint density at radius 1 is 1.15 bits per heavy atom. The van der Waals surface area contributed by atoms with Crippen LogP contribution in [0.3, 0.4) is 0 Å². The molecule has 1 aliphatic rings. The van der Waals surface area contributed by atoms with Gasteiger partial charge in [-0.1, -0.05) is 13.8 Å². The van der Waals surface area contributed by atoms with Gasteiger partial charge in [0, 0.05) is 37.1 Å². The smallest absolute Gasteiger partial charge is 0.252 e. The number of aromatic nitrogens is 2. The number of nitrogens with one attached hydrogen (secondary N) is 1. The van der Waals surface area contributed by atoms with Crippen molar-refractivity contribution in [1.82, 2.24) is 15.3 Å². The van der Waals surface area contributed by atoms with Crippen LogP contribution in [0.4, 0.5) is 5.95 Å². The van der Waals surface area contributed by atoms with Crippen LogP contribution in [0.25, 0.3) is 0 Å². The van der Waals surface area contributed by atoms with E-state index in [2.05, 4.69) is 34.0 Å². The maximum atomic E-state index is 12.5. The van der Waals surface area contributed by atoms with Gasteiger partial charge in [-0.15, -0.1) is 0 Å². The molecule has 2 aromatic rings. The third-order valence-electron chi connectivity index (χ3n) is 6.63. The van der Waals surface area contributed by atoms with Crippen molar-refractivity contribution in [3.8, 4) is 5.75 Å². The Labute approximate surface area is 204 Å². The van der Waals surface area contributed by atoms with Gasteiger partial charge in [-0.05, 0) is 87.1 Å². The molecule has 0 saturated carbocycles. The molecule has 1 aromatic carbocycles. The second kappa shape index (κ2) is 12.2. The first kappa shape index (κ1) is 25.9. The number of amides is 1. The molecule has 1 saturated heterocycles. The summed E-state index contributed by atoms with van der Waals surface area (Å²) in [6, 6.07) is 3.58. The van der Waals surface area contributed by atoms with E-state index in [1.165, 1.54) is 5.56 Å². The molecular formula is C27H40N4O3. The first-order chi connectivity index (χ1) is 16.3. The monoisotopic (exact) mass is 468 g/mol. The number of anilines is 1. The van der Waals surface area contributed by atoms with Gasteiger partial charge in [-0.2, -0.15) is 0 Å². The lowest BCUT2D eigenvalue weighted by Gasteiger charge is -2.32. The van der Waals surface area contributed by atoms with Crippen LogP contribution in [-0.4, -0.2) is 53.3 Å². The molecule has 1 fully saturated rings. The third-order valence-corrected chi connectivity index (χ3v) is 6.63. The molecule has 0 radical (unpaired) electrons. The van der Waals surface area contributed by atoms with E-state index in [0.29, 0.717) is 24.0 Å². The Bertz CT molecular complexity index is 914. The summed E-state index contributed by atoms with van der Waals surface area (Å²) in [5.41, 5.74) is 3.60. The van der Waals surface area contributed by atoms with Crippen LogP contribution in [-0.2, 0) is 0 Å². The Balaban J connectivity index is 1.41. The number of aliphatic hydroxyl groups excluding tert-OH is 1. The molecule has 3 rings (SSSR count). The van der Waals surface area contributed by atoms with E-state index in [9.17, 15) is 9.90 Å². The van der Waals surface area contributed by atoms with Crippen molar-refractivity contribution in [2.24, 2.45) is 5.92 Å². The maximum Gasteiger partial charge on any atom is 0.252 e. The number of carbonyl (C=O) groups excluding carboxylic acids is 1. The molecule has 0 bridgehead atoms.